The van der Waals surface area contributed by atoms with Crippen molar-refractivity contribution in [1.29, 1.82) is 0 Å². The fourth-order valence-corrected chi connectivity index (χ4v) is 3.88. The molecule has 1 aliphatic heterocycles. The molecule has 1 atom stereocenters. The van der Waals surface area contributed by atoms with Gasteiger partial charge in [-0.05, 0) is 32.5 Å². The number of H-pyrrole nitrogens is 1. The Balaban J connectivity index is 2.18. The Hall–Kier alpha value is -0.890. The Bertz CT molecular complexity index is 526. The quantitative estimate of drug-likeness (QED) is 0.827. The van der Waals surface area contributed by atoms with E-state index in [2.05, 4.69) is 9.88 Å². The van der Waals surface area contributed by atoms with Gasteiger partial charge in [-0.25, -0.2) is 8.42 Å². The molecule has 6 nitrogen and oxygen atoms in total. The SMILES string of the molecule is CN1CCCC(N(C)S(=O)(=O)c2c[nH]c(CN)c2)C1. The van der Waals surface area contributed by atoms with Crippen LogP contribution in [0.25, 0.3) is 0 Å². The van der Waals surface area contributed by atoms with Crippen LogP contribution < -0.4 is 5.73 Å². The van der Waals surface area contributed by atoms with Crippen LogP contribution in [-0.2, 0) is 16.6 Å². The highest BCUT2D eigenvalue weighted by atomic mass is 32.2. The average molecular weight is 286 g/mol. The molecule has 1 unspecified atom stereocenters. The van der Waals surface area contributed by atoms with Crippen LogP contribution in [0.1, 0.15) is 18.5 Å². The van der Waals surface area contributed by atoms with Crippen LogP contribution in [0.5, 0.6) is 0 Å². The monoisotopic (exact) mass is 286 g/mol. The molecule has 1 aromatic heterocycles. The predicted molar refractivity (Wildman–Crippen MR) is 74.2 cm³/mol. The number of nitrogens with two attached hydrogens (primary N) is 1. The fourth-order valence-electron chi connectivity index (χ4n) is 2.48. The zero-order chi connectivity index (χ0) is 14.0. The van der Waals surface area contributed by atoms with Crippen molar-refractivity contribution >= 4 is 10.0 Å². The minimum Gasteiger partial charge on any atom is -0.363 e. The third-order valence-corrected chi connectivity index (χ3v) is 5.61. The van der Waals surface area contributed by atoms with Gasteiger partial charge in [0.25, 0.3) is 0 Å². The van der Waals surface area contributed by atoms with Gasteiger partial charge in [0.15, 0.2) is 0 Å². The number of rotatable bonds is 4. The van der Waals surface area contributed by atoms with E-state index < -0.39 is 10.0 Å². The van der Waals surface area contributed by atoms with Gasteiger partial charge in [0.05, 0.1) is 4.90 Å². The maximum absolute atomic E-state index is 12.5. The molecular weight excluding hydrogens is 264 g/mol. The van der Waals surface area contributed by atoms with Crippen molar-refractivity contribution in [2.75, 3.05) is 27.2 Å². The number of hydrogen-bond acceptors (Lipinski definition) is 4. The Labute approximate surface area is 114 Å². The summed E-state index contributed by atoms with van der Waals surface area (Å²) in [5.74, 6) is 0. The first-order valence-electron chi connectivity index (χ1n) is 6.49. The van der Waals surface area contributed by atoms with E-state index in [0.717, 1.165) is 31.6 Å². The summed E-state index contributed by atoms with van der Waals surface area (Å²) in [7, 11) is 0.253. The summed E-state index contributed by atoms with van der Waals surface area (Å²) in [6, 6.07) is 1.65. The Kier molecular flexibility index (Phi) is 4.29. The molecule has 19 heavy (non-hydrogen) atoms. The molecule has 0 saturated carbocycles. The number of hydrogen-bond donors (Lipinski definition) is 2. The van der Waals surface area contributed by atoms with Crippen molar-refractivity contribution in [1.82, 2.24) is 14.2 Å². The highest BCUT2D eigenvalue weighted by Gasteiger charge is 2.30. The topological polar surface area (TPSA) is 82.4 Å². The number of likely N-dealkylation sites (tertiary alicyclic amines) is 1. The van der Waals surface area contributed by atoms with Crippen molar-refractivity contribution in [3.05, 3.63) is 18.0 Å². The maximum Gasteiger partial charge on any atom is 0.244 e. The van der Waals surface area contributed by atoms with Gasteiger partial charge in [0, 0.05) is 38.1 Å². The largest absolute Gasteiger partial charge is 0.363 e. The van der Waals surface area contributed by atoms with Gasteiger partial charge in [-0.1, -0.05) is 0 Å². The van der Waals surface area contributed by atoms with Crippen LogP contribution in [0.4, 0.5) is 0 Å². The Morgan fingerprint density at radius 1 is 1.58 bits per heavy atom. The average Bonchev–Trinajstić information content (AvgIpc) is 2.87. The van der Waals surface area contributed by atoms with Gasteiger partial charge in [-0.3, -0.25) is 0 Å². The van der Waals surface area contributed by atoms with Gasteiger partial charge in [0.2, 0.25) is 10.0 Å². The Morgan fingerprint density at radius 2 is 2.32 bits per heavy atom. The standard InChI is InChI=1S/C12H22N4O2S/c1-15-5-3-4-11(9-15)16(2)19(17,18)12-6-10(7-13)14-8-12/h6,8,11,14H,3-5,7,9,13H2,1-2H3. The van der Waals surface area contributed by atoms with Crippen LogP contribution in [-0.4, -0.2) is 55.8 Å². The third-order valence-electron chi connectivity index (χ3n) is 3.73. The molecule has 0 spiro atoms. The fraction of sp³-hybridized carbons (Fsp3) is 0.667. The van der Waals surface area contributed by atoms with Crippen LogP contribution in [0.2, 0.25) is 0 Å². The smallest absolute Gasteiger partial charge is 0.244 e. The molecule has 2 heterocycles. The molecule has 2 rings (SSSR count). The van der Waals surface area contributed by atoms with Crippen molar-refractivity contribution in [3.8, 4) is 0 Å². The number of nitrogens with one attached hydrogen (secondary N) is 1. The summed E-state index contributed by atoms with van der Waals surface area (Å²) in [4.78, 5) is 5.35. The molecule has 1 fully saturated rings. The van der Waals surface area contributed by atoms with E-state index in [0.29, 0.717) is 11.4 Å². The van der Waals surface area contributed by atoms with E-state index in [1.807, 2.05) is 7.05 Å². The first kappa shape index (κ1) is 14.5. The second-order valence-corrected chi connectivity index (χ2v) is 7.14. The number of nitrogens with zero attached hydrogens (tertiary/aromatic N) is 2. The maximum atomic E-state index is 12.5. The van der Waals surface area contributed by atoms with E-state index in [9.17, 15) is 8.42 Å². The molecule has 0 amide bonds. The summed E-state index contributed by atoms with van der Waals surface area (Å²) in [5.41, 5.74) is 6.23. The van der Waals surface area contributed by atoms with Crippen LogP contribution in [0.3, 0.4) is 0 Å². The number of aromatic amines is 1. The molecule has 1 aromatic rings. The first-order chi connectivity index (χ1) is 8.95. The summed E-state index contributed by atoms with van der Waals surface area (Å²) in [6.07, 6.45) is 3.46. The van der Waals surface area contributed by atoms with Crippen LogP contribution >= 0.6 is 0 Å². The number of sulfonamides is 1. The minimum atomic E-state index is -3.43. The molecule has 3 N–H and O–H groups in total. The summed E-state index contributed by atoms with van der Waals surface area (Å²) >= 11 is 0. The lowest BCUT2D eigenvalue weighted by molar-refractivity contribution is 0.187. The summed E-state index contributed by atoms with van der Waals surface area (Å²) in [6.45, 7) is 2.13. The van der Waals surface area contributed by atoms with Gasteiger partial charge in [-0.2, -0.15) is 4.31 Å². The number of likely N-dealkylation sites (N-methyl/N-ethyl adjacent to an activating group) is 2. The van der Waals surface area contributed by atoms with Gasteiger partial charge >= 0.3 is 0 Å². The third kappa shape index (κ3) is 3.00. The molecule has 0 aliphatic carbocycles. The molecular formula is C12H22N4O2S. The summed E-state index contributed by atoms with van der Waals surface area (Å²) in [5, 5.41) is 0. The number of aromatic nitrogens is 1. The zero-order valence-corrected chi connectivity index (χ0v) is 12.3. The van der Waals surface area contributed by atoms with Gasteiger partial charge in [-0.15, -0.1) is 0 Å². The summed E-state index contributed by atoms with van der Waals surface area (Å²) < 4.78 is 26.5. The van der Waals surface area contributed by atoms with Gasteiger partial charge < -0.3 is 15.6 Å². The highest BCUT2D eigenvalue weighted by Crippen LogP contribution is 2.22. The Morgan fingerprint density at radius 3 is 2.89 bits per heavy atom. The van der Waals surface area contributed by atoms with E-state index in [1.54, 1.807) is 13.1 Å². The van der Waals surface area contributed by atoms with Crippen LogP contribution in [0, 0.1) is 0 Å². The second-order valence-electron chi connectivity index (χ2n) is 5.14. The van der Waals surface area contributed by atoms with Crippen LogP contribution in [0.15, 0.2) is 17.2 Å². The second kappa shape index (κ2) is 5.62. The van der Waals surface area contributed by atoms with Crippen molar-refractivity contribution in [2.45, 2.75) is 30.3 Å². The van der Waals surface area contributed by atoms with Crippen molar-refractivity contribution in [2.24, 2.45) is 5.73 Å². The molecule has 108 valence electrons. The van der Waals surface area contributed by atoms with E-state index >= 15 is 0 Å². The molecule has 0 bridgehead atoms. The normalized spacial score (nSPS) is 22.0. The van der Waals surface area contributed by atoms with Gasteiger partial charge in [0.1, 0.15) is 0 Å². The number of piperidine rings is 1. The van der Waals surface area contributed by atoms with E-state index in [1.165, 1.54) is 10.5 Å². The molecule has 0 aromatic carbocycles. The molecule has 1 aliphatic rings. The molecule has 7 heteroatoms. The lowest BCUT2D eigenvalue weighted by atomic mass is 10.1. The lowest BCUT2D eigenvalue weighted by Gasteiger charge is -2.34. The van der Waals surface area contributed by atoms with Crippen molar-refractivity contribution in [3.63, 3.8) is 0 Å². The predicted octanol–water partition coefficient (Wildman–Crippen LogP) is 0.188. The lowest BCUT2D eigenvalue weighted by Crippen LogP contribution is -2.47. The van der Waals surface area contributed by atoms with Crippen molar-refractivity contribution < 1.29 is 8.42 Å². The zero-order valence-electron chi connectivity index (χ0n) is 11.5. The van der Waals surface area contributed by atoms with E-state index in [-0.39, 0.29) is 6.04 Å². The highest BCUT2D eigenvalue weighted by molar-refractivity contribution is 7.89. The molecule has 0 radical (unpaired) electrons. The minimum absolute atomic E-state index is 0.0416. The molecule has 1 saturated heterocycles. The first-order valence-corrected chi connectivity index (χ1v) is 7.93. The van der Waals surface area contributed by atoms with E-state index in [4.69, 9.17) is 5.73 Å².